The average molecular weight is 450 g/mol. The molecule has 1 nitrogen and oxygen atoms in total. The molecule has 1 unspecified atom stereocenters. The van der Waals surface area contributed by atoms with Crippen LogP contribution in [0, 0.1) is 12.3 Å². The topological polar surface area (TPSA) is 0 Å². The molecule has 0 bridgehead atoms. The lowest BCUT2D eigenvalue weighted by atomic mass is 9.97. The molecule has 1 rings (SSSR count). The Bertz CT molecular complexity index is 400. The molecule has 0 saturated carbocycles. The van der Waals surface area contributed by atoms with Crippen molar-refractivity contribution in [3.05, 3.63) is 24.3 Å². The van der Waals surface area contributed by atoms with E-state index in [1.807, 2.05) is 0 Å². The van der Waals surface area contributed by atoms with Gasteiger partial charge in [0.2, 0.25) is 0 Å². The standard InChI is InChI=1S/C20H33IN.ClH/c1-4-7-12-17-22(16-6-3,18-13-8-5-2)19-20(21)14-10-9-11-15-20;/h3,9-11,14H,4-5,7-8,12-13,15-19H2,1-2H3;1H/q+1;/p-1. The fourth-order valence-corrected chi connectivity index (χ4v) is 4.57. The fraction of sp³-hybridized carbons (Fsp3) is 0.700. The SMILES string of the molecule is C#CC[N+](CCCCC)(CCCCC)CC1(I)C=CC=CC1.[Cl-]. The highest BCUT2D eigenvalue weighted by Crippen LogP contribution is 2.33. The van der Waals surface area contributed by atoms with Crippen molar-refractivity contribution < 1.29 is 16.9 Å². The number of hydrogen-bond donors (Lipinski definition) is 0. The van der Waals surface area contributed by atoms with Crippen molar-refractivity contribution in [2.75, 3.05) is 26.2 Å². The number of nitrogens with zero attached hydrogens (tertiary/aromatic N) is 1. The first kappa shape index (κ1) is 23.0. The van der Waals surface area contributed by atoms with E-state index < -0.39 is 0 Å². The maximum absolute atomic E-state index is 5.77. The van der Waals surface area contributed by atoms with Crippen molar-refractivity contribution in [2.45, 2.75) is 62.2 Å². The average Bonchev–Trinajstić information content (AvgIpc) is 2.48. The highest BCUT2D eigenvalue weighted by molar-refractivity contribution is 14.1. The summed E-state index contributed by atoms with van der Waals surface area (Å²) < 4.78 is 1.35. The van der Waals surface area contributed by atoms with Crippen molar-refractivity contribution in [3.8, 4) is 12.3 Å². The Morgan fingerprint density at radius 2 is 1.70 bits per heavy atom. The Kier molecular flexibility index (Phi) is 12.4. The summed E-state index contributed by atoms with van der Waals surface area (Å²) in [5.41, 5.74) is 0. The zero-order valence-corrected chi connectivity index (χ0v) is 17.8. The minimum absolute atomic E-state index is 0. The molecular formula is C20H33ClIN. The third kappa shape index (κ3) is 8.61. The van der Waals surface area contributed by atoms with Gasteiger partial charge < -0.3 is 16.9 Å². The van der Waals surface area contributed by atoms with Gasteiger partial charge in [0.25, 0.3) is 0 Å². The third-order valence-corrected chi connectivity index (χ3v) is 5.74. The van der Waals surface area contributed by atoms with Crippen LogP contribution in [0.15, 0.2) is 24.3 Å². The van der Waals surface area contributed by atoms with Crippen LogP contribution in [0.1, 0.15) is 58.8 Å². The lowest BCUT2D eigenvalue weighted by Crippen LogP contribution is -3.00. The summed E-state index contributed by atoms with van der Waals surface area (Å²) in [6, 6.07) is 0. The van der Waals surface area contributed by atoms with Crippen LogP contribution in [0.25, 0.3) is 0 Å². The summed E-state index contributed by atoms with van der Waals surface area (Å²) >= 11 is 2.65. The number of hydrogen-bond acceptors (Lipinski definition) is 0. The molecule has 0 spiro atoms. The number of alkyl halides is 1. The van der Waals surface area contributed by atoms with Crippen LogP contribution in [0.5, 0.6) is 0 Å². The lowest BCUT2D eigenvalue weighted by molar-refractivity contribution is -0.922. The molecule has 0 N–H and O–H groups in total. The molecule has 0 aromatic rings. The first-order chi connectivity index (χ1) is 10.6. The summed E-state index contributed by atoms with van der Waals surface area (Å²) in [6.45, 7) is 9.10. The van der Waals surface area contributed by atoms with Gasteiger partial charge in [0.1, 0.15) is 6.54 Å². The number of quaternary nitrogens is 1. The molecular weight excluding hydrogens is 417 g/mol. The summed E-state index contributed by atoms with van der Waals surface area (Å²) in [6.07, 6.45) is 23.8. The predicted octanol–water partition coefficient (Wildman–Crippen LogP) is 2.51. The van der Waals surface area contributed by atoms with Gasteiger partial charge in [0.05, 0.1) is 23.1 Å². The second kappa shape index (κ2) is 12.4. The van der Waals surface area contributed by atoms with E-state index in [-0.39, 0.29) is 15.8 Å². The van der Waals surface area contributed by atoms with Gasteiger partial charge in [0, 0.05) is 0 Å². The van der Waals surface area contributed by atoms with Crippen LogP contribution >= 0.6 is 22.6 Å². The minimum atomic E-state index is 0. The molecule has 0 amide bonds. The van der Waals surface area contributed by atoms with Crippen LogP contribution in [-0.2, 0) is 0 Å². The molecule has 1 aliphatic carbocycles. The van der Waals surface area contributed by atoms with E-state index in [9.17, 15) is 0 Å². The van der Waals surface area contributed by atoms with E-state index in [2.05, 4.69) is 66.7 Å². The van der Waals surface area contributed by atoms with Crippen molar-refractivity contribution in [1.29, 1.82) is 0 Å². The second-order valence-electron chi connectivity index (χ2n) is 6.75. The molecule has 0 aliphatic heterocycles. The van der Waals surface area contributed by atoms with Gasteiger partial charge in [-0.15, -0.1) is 6.42 Å². The van der Waals surface area contributed by atoms with Gasteiger partial charge in [-0.3, -0.25) is 0 Å². The summed E-state index contributed by atoms with van der Waals surface area (Å²) in [5, 5.41) is 0. The first-order valence-electron chi connectivity index (χ1n) is 8.91. The Morgan fingerprint density at radius 1 is 1.09 bits per heavy atom. The third-order valence-electron chi connectivity index (χ3n) is 4.60. The maximum Gasteiger partial charge on any atom is 0.140 e. The molecule has 132 valence electrons. The van der Waals surface area contributed by atoms with E-state index in [4.69, 9.17) is 6.42 Å². The monoisotopic (exact) mass is 449 g/mol. The molecule has 0 heterocycles. The molecule has 3 heteroatoms. The Balaban J connectivity index is 0.00000484. The molecule has 0 saturated heterocycles. The van der Waals surface area contributed by atoms with E-state index >= 15 is 0 Å². The van der Waals surface area contributed by atoms with Gasteiger partial charge >= 0.3 is 0 Å². The van der Waals surface area contributed by atoms with Gasteiger partial charge in [-0.05, 0) is 38.0 Å². The Hall–Kier alpha value is 0.0200. The smallest absolute Gasteiger partial charge is 0.140 e. The summed E-state index contributed by atoms with van der Waals surface area (Å²) in [5.74, 6) is 3.00. The molecule has 1 aliphatic rings. The van der Waals surface area contributed by atoms with E-state index in [1.165, 1.54) is 58.2 Å². The van der Waals surface area contributed by atoms with Crippen LogP contribution < -0.4 is 12.4 Å². The van der Waals surface area contributed by atoms with Crippen LogP contribution in [0.3, 0.4) is 0 Å². The minimum Gasteiger partial charge on any atom is -1.00 e. The highest BCUT2D eigenvalue weighted by atomic mass is 127. The van der Waals surface area contributed by atoms with Gasteiger partial charge in [-0.1, -0.05) is 73.6 Å². The van der Waals surface area contributed by atoms with E-state index in [0.29, 0.717) is 0 Å². The Morgan fingerprint density at radius 3 is 2.13 bits per heavy atom. The second-order valence-corrected chi connectivity index (χ2v) is 8.90. The number of halogens is 2. The van der Waals surface area contributed by atoms with Crippen molar-refractivity contribution in [3.63, 3.8) is 0 Å². The van der Waals surface area contributed by atoms with Gasteiger partial charge in [-0.2, -0.15) is 0 Å². The predicted molar refractivity (Wildman–Crippen MR) is 107 cm³/mol. The zero-order chi connectivity index (χ0) is 16.3. The molecule has 23 heavy (non-hydrogen) atoms. The Labute approximate surface area is 164 Å². The normalized spacial score (nSPS) is 20.1. The van der Waals surface area contributed by atoms with Gasteiger partial charge in [-0.25, -0.2) is 0 Å². The van der Waals surface area contributed by atoms with E-state index in [1.54, 1.807) is 0 Å². The maximum atomic E-state index is 5.77. The van der Waals surface area contributed by atoms with Crippen LogP contribution in [0.2, 0.25) is 0 Å². The highest BCUT2D eigenvalue weighted by Gasteiger charge is 2.36. The molecule has 0 radical (unpaired) electrons. The number of terminal acetylenes is 1. The fourth-order valence-electron chi connectivity index (χ4n) is 3.39. The zero-order valence-electron chi connectivity index (χ0n) is 14.9. The van der Waals surface area contributed by atoms with Crippen molar-refractivity contribution in [2.24, 2.45) is 0 Å². The molecule has 0 fully saturated rings. The number of allylic oxidation sites excluding steroid dienone is 3. The van der Waals surface area contributed by atoms with Crippen molar-refractivity contribution >= 4 is 22.6 Å². The lowest BCUT2D eigenvalue weighted by Gasteiger charge is -2.42. The molecule has 1 atom stereocenters. The number of rotatable bonds is 11. The molecule has 0 aromatic carbocycles. The van der Waals surface area contributed by atoms with Gasteiger partial charge in [0.15, 0.2) is 0 Å². The largest absolute Gasteiger partial charge is 1.00 e. The summed E-state index contributed by atoms with van der Waals surface area (Å²) in [4.78, 5) is 0. The quantitative estimate of drug-likeness (QED) is 0.149. The number of unbranched alkanes of at least 4 members (excludes halogenated alkanes) is 4. The van der Waals surface area contributed by atoms with Crippen molar-refractivity contribution in [1.82, 2.24) is 0 Å². The molecule has 0 aromatic heterocycles. The van der Waals surface area contributed by atoms with E-state index in [0.717, 1.165) is 17.4 Å². The van der Waals surface area contributed by atoms with Crippen LogP contribution in [-0.4, -0.2) is 34.1 Å². The first-order valence-corrected chi connectivity index (χ1v) is 9.99. The summed E-state index contributed by atoms with van der Waals surface area (Å²) in [7, 11) is 0. The van der Waals surface area contributed by atoms with Crippen LogP contribution in [0.4, 0.5) is 0 Å².